The zero-order valence-electron chi connectivity index (χ0n) is 15.0. The van der Waals surface area contributed by atoms with Crippen molar-refractivity contribution in [2.45, 2.75) is 24.1 Å². The number of aromatic nitrogens is 3. The van der Waals surface area contributed by atoms with Gasteiger partial charge in [-0.15, -0.1) is 11.3 Å². The van der Waals surface area contributed by atoms with Crippen molar-refractivity contribution < 1.29 is 13.7 Å². The summed E-state index contributed by atoms with van der Waals surface area (Å²) >= 11 is 2.82. The van der Waals surface area contributed by atoms with Crippen molar-refractivity contribution in [3.05, 3.63) is 53.6 Å². The van der Waals surface area contributed by atoms with Crippen LogP contribution in [0.5, 0.6) is 0 Å². The van der Waals surface area contributed by atoms with E-state index < -0.39 is 5.25 Å². The summed E-state index contributed by atoms with van der Waals surface area (Å²) in [5.74, 6) is -0.195. The van der Waals surface area contributed by atoms with Crippen LogP contribution in [0.2, 0.25) is 0 Å². The van der Waals surface area contributed by atoms with E-state index in [0.717, 1.165) is 21.3 Å². The number of fused-ring (bicyclic) bond motifs is 1. The lowest BCUT2D eigenvalue weighted by atomic mass is 10.1. The summed E-state index contributed by atoms with van der Waals surface area (Å²) in [6.45, 7) is 3.57. The molecule has 1 atom stereocenters. The Balaban J connectivity index is 1.62. The molecule has 0 saturated heterocycles. The van der Waals surface area contributed by atoms with E-state index in [2.05, 4.69) is 20.4 Å². The number of hydrogen-bond acceptors (Lipinski definition) is 7. The molecule has 0 unspecified atom stereocenters. The quantitative estimate of drug-likeness (QED) is 0.369. The van der Waals surface area contributed by atoms with Gasteiger partial charge in [-0.05, 0) is 31.5 Å². The highest BCUT2D eigenvalue weighted by molar-refractivity contribution is 8.00. The van der Waals surface area contributed by atoms with Crippen molar-refractivity contribution in [3.63, 3.8) is 0 Å². The van der Waals surface area contributed by atoms with Crippen LogP contribution in [0, 0.1) is 12.7 Å². The molecule has 142 valence electrons. The molecule has 0 bridgehead atoms. The molecular formula is C19H15FN4O2S2. The molecule has 0 saturated carbocycles. The van der Waals surface area contributed by atoms with Crippen molar-refractivity contribution in [2.75, 3.05) is 5.32 Å². The number of carbonyl (C=O) groups is 1. The van der Waals surface area contributed by atoms with Gasteiger partial charge in [0.25, 0.3) is 0 Å². The normalized spacial score (nSPS) is 12.2. The van der Waals surface area contributed by atoms with E-state index in [1.54, 1.807) is 32.0 Å². The molecule has 4 rings (SSSR count). The molecule has 0 aliphatic carbocycles. The maximum Gasteiger partial charge on any atom is 0.240 e. The van der Waals surface area contributed by atoms with Gasteiger partial charge in [0.1, 0.15) is 22.0 Å². The molecule has 3 heterocycles. The molecule has 0 spiro atoms. The van der Waals surface area contributed by atoms with Gasteiger partial charge < -0.3 is 4.52 Å². The highest BCUT2D eigenvalue weighted by Crippen LogP contribution is 2.39. The molecule has 0 radical (unpaired) electrons. The van der Waals surface area contributed by atoms with E-state index in [9.17, 15) is 9.18 Å². The van der Waals surface area contributed by atoms with Gasteiger partial charge >= 0.3 is 0 Å². The SMILES string of the molecule is Cc1cc(NC(=O)[C@H](C)Sc2ncnc3scc(-c4ccc(F)cc4)c23)on1. The van der Waals surface area contributed by atoms with Crippen LogP contribution in [0.1, 0.15) is 12.6 Å². The van der Waals surface area contributed by atoms with Crippen molar-refractivity contribution in [2.24, 2.45) is 0 Å². The Bertz CT molecular complexity index is 1140. The second-order valence-corrected chi connectivity index (χ2v) is 8.28. The van der Waals surface area contributed by atoms with Gasteiger partial charge in [-0.2, -0.15) is 0 Å². The van der Waals surface area contributed by atoms with Crippen LogP contribution in [0.15, 0.2) is 51.6 Å². The Hall–Kier alpha value is -2.78. The molecule has 1 N–H and O–H groups in total. The van der Waals surface area contributed by atoms with E-state index in [4.69, 9.17) is 4.52 Å². The smallest absolute Gasteiger partial charge is 0.240 e. The van der Waals surface area contributed by atoms with Crippen LogP contribution in [0.25, 0.3) is 21.3 Å². The molecule has 3 aromatic heterocycles. The van der Waals surface area contributed by atoms with E-state index in [0.29, 0.717) is 16.6 Å². The topological polar surface area (TPSA) is 80.9 Å². The van der Waals surface area contributed by atoms with Crippen molar-refractivity contribution in [1.82, 2.24) is 15.1 Å². The van der Waals surface area contributed by atoms with Gasteiger partial charge in [0.15, 0.2) is 0 Å². The average Bonchev–Trinajstić information content (AvgIpc) is 3.29. The molecule has 9 heteroatoms. The average molecular weight is 414 g/mol. The maximum atomic E-state index is 13.3. The zero-order valence-corrected chi connectivity index (χ0v) is 16.6. The summed E-state index contributed by atoms with van der Waals surface area (Å²) in [7, 11) is 0. The third-order valence-corrected chi connectivity index (χ3v) is 6.01. The molecule has 1 amide bonds. The molecule has 1 aromatic carbocycles. The second kappa shape index (κ2) is 7.69. The Morgan fingerprint density at radius 2 is 2.07 bits per heavy atom. The zero-order chi connectivity index (χ0) is 19.7. The second-order valence-electron chi connectivity index (χ2n) is 6.10. The molecule has 28 heavy (non-hydrogen) atoms. The number of thioether (sulfide) groups is 1. The predicted molar refractivity (Wildman–Crippen MR) is 108 cm³/mol. The summed E-state index contributed by atoms with van der Waals surface area (Å²) < 4.78 is 18.3. The minimum Gasteiger partial charge on any atom is -0.338 e. The van der Waals surface area contributed by atoms with Crippen molar-refractivity contribution >= 4 is 45.1 Å². The fourth-order valence-electron chi connectivity index (χ4n) is 2.65. The van der Waals surface area contributed by atoms with Gasteiger partial charge in [-0.3, -0.25) is 10.1 Å². The van der Waals surface area contributed by atoms with Crippen LogP contribution in [0.3, 0.4) is 0 Å². The number of halogens is 1. The number of nitrogens with one attached hydrogen (secondary N) is 1. The Morgan fingerprint density at radius 1 is 1.29 bits per heavy atom. The summed E-state index contributed by atoms with van der Waals surface area (Å²) in [5, 5.41) is 9.56. The first-order chi connectivity index (χ1) is 13.5. The molecule has 0 aliphatic heterocycles. The highest BCUT2D eigenvalue weighted by atomic mass is 32.2. The summed E-state index contributed by atoms with van der Waals surface area (Å²) in [6.07, 6.45) is 1.49. The number of aryl methyl sites for hydroxylation is 1. The first kappa shape index (κ1) is 18.6. The minimum absolute atomic E-state index is 0.216. The number of thiophene rings is 1. The summed E-state index contributed by atoms with van der Waals surface area (Å²) in [5.41, 5.74) is 2.48. The van der Waals surface area contributed by atoms with E-state index >= 15 is 0 Å². The lowest BCUT2D eigenvalue weighted by molar-refractivity contribution is -0.115. The Labute approximate surface area is 168 Å². The number of hydrogen-bond donors (Lipinski definition) is 1. The van der Waals surface area contributed by atoms with Gasteiger partial charge in [0.05, 0.1) is 16.3 Å². The van der Waals surface area contributed by atoms with Gasteiger partial charge in [-0.1, -0.05) is 29.1 Å². The summed E-state index contributed by atoms with van der Waals surface area (Å²) in [4.78, 5) is 22.0. The lowest BCUT2D eigenvalue weighted by Gasteiger charge is -2.11. The highest BCUT2D eigenvalue weighted by Gasteiger charge is 2.21. The fourth-order valence-corrected chi connectivity index (χ4v) is 4.56. The number of carbonyl (C=O) groups excluding carboxylic acids is 1. The number of rotatable bonds is 5. The van der Waals surface area contributed by atoms with Gasteiger partial charge in [-0.25, -0.2) is 14.4 Å². The largest absolute Gasteiger partial charge is 0.338 e. The fraction of sp³-hybridized carbons (Fsp3) is 0.158. The number of benzene rings is 1. The lowest BCUT2D eigenvalue weighted by Crippen LogP contribution is -2.22. The van der Waals surface area contributed by atoms with E-state index in [1.807, 2.05) is 5.38 Å². The number of anilines is 1. The summed E-state index contributed by atoms with van der Waals surface area (Å²) in [6, 6.07) is 7.95. The Kier molecular flexibility index (Phi) is 5.10. The maximum absolute atomic E-state index is 13.3. The number of amides is 1. The van der Waals surface area contributed by atoms with Crippen LogP contribution in [0.4, 0.5) is 10.3 Å². The Morgan fingerprint density at radius 3 is 2.79 bits per heavy atom. The molecular weight excluding hydrogens is 399 g/mol. The first-order valence-corrected chi connectivity index (χ1v) is 10.2. The van der Waals surface area contributed by atoms with Gasteiger partial charge in [0.2, 0.25) is 11.8 Å². The van der Waals surface area contributed by atoms with E-state index in [1.165, 1.54) is 41.6 Å². The van der Waals surface area contributed by atoms with Crippen LogP contribution < -0.4 is 5.32 Å². The first-order valence-electron chi connectivity index (χ1n) is 8.40. The third kappa shape index (κ3) is 3.76. The number of nitrogens with zero attached hydrogens (tertiary/aromatic N) is 3. The van der Waals surface area contributed by atoms with E-state index in [-0.39, 0.29) is 11.7 Å². The third-order valence-electron chi connectivity index (χ3n) is 4.02. The molecule has 0 aliphatic rings. The van der Waals surface area contributed by atoms with Crippen LogP contribution >= 0.6 is 23.1 Å². The monoisotopic (exact) mass is 414 g/mol. The van der Waals surface area contributed by atoms with Crippen molar-refractivity contribution in [3.8, 4) is 11.1 Å². The molecule has 4 aromatic rings. The predicted octanol–water partition coefficient (Wildman–Crippen LogP) is 4.91. The molecule has 6 nitrogen and oxygen atoms in total. The standard InChI is InChI=1S/C19H15FN4O2S2/c1-10-7-15(26-24-10)23-17(25)11(2)28-19-16-14(8-27-18(16)21-9-22-19)12-3-5-13(20)6-4-12/h3-9,11H,1-2H3,(H,23,25)/t11-/m0/s1. The van der Waals surface area contributed by atoms with Crippen LogP contribution in [-0.4, -0.2) is 26.3 Å². The van der Waals surface area contributed by atoms with Crippen molar-refractivity contribution in [1.29, 1.82) is 0 Å². The van der Waals surface area contributed by atoms with Crippen LogP contribution in [-0.2, 0) is 4.79 Å². The molecule has 0 fully saturated rings. The van der Waals surface area contributed by atoms with Gasteiger partial charge in [0, 0.05) is 17.0 Å². The minimum atomic E-state index is -0.426.